The van der Waals surface area contributed by atoms with Crippen molar-refractivity contribution in [2.45, 2.75) is 0 Å². The van der Waals surface area contributed by atoms with Crippen molar-refractivity contribution in [3.63, 3.8) is 0 Å². The van der Waals surface area contributed by atoms with Crippen molar-refractivity contribution >= 4 is 31.5 Å². The molecule has 0 radical (unpaired) electrons. The summed E-state index contributed by atoms with van der Waals surface area (Å²) in [5, 5.41) is 2.53. The van der Waals surface area contributed by atoms with Crippen molar-refractivity contribution in [1.29, 1.82) is 0 Å². The van der Waals surface area contributed by atoms with Crippen molar-refractivity contribution in [2.24, 2.45) is 0 Å². The van der Waals surface area contributed by atoms with Gasteiger partial charge in [0.25, 0.3) is 0 Å². The van der Waals surface area contributed by atoms with Crippen LogP contribution in [0.1, 0.15) is 0 Å². The normalized spacial score (nSPS) is 11.3. The fourth-order valence-electron chi connectivity index (χ4n) is 7.39. The zero-order valence-electron chi connectivity index (χ0n) is 29.8. The molecule has 0 amide bonds. The first-order valence-corrected chi connectivity index (χ1v) is 19.3. The highest BCUT2D eigenvalue weighted by Crippen LogP contribution is 2.44. The van der Waals surface area contributed by atoms with Crippen LogP contribution in [-0.2, 0) is 0 Å². The van der Waals surface area contributed by atoms with Gasteiger partial charge in [0.2, 0.25) is 0 Å². The van der Waals surface area contributed by atoms with E-state index in [2.05, 4.69) is 164 Å². The van der Waals surface area contributed by atoms with Gasteiger partial charge in [-0.2, -0.15) is 0 Å². The quantitative estimate of drug-likeness (QED) is 0.165. The monoisotopic (exact) mass is 719 g/mol. The molecular formula is C51H33N3S. The van der Waals surface area contributed by atoms with Gasteiger partial charge in [-0.1, -0.05) is 188 Å². The Hall–Kier alpha value is -7.01. The van der Waals surface area contributed by atoms with Gasteiger partial charge in [0, 0.05) is 36.9 Å². The summed E-state index contributed by atoms with van der Waals surface area (Å²) in [4.78, 5) is 15.1. The molecule has 0 atom stereocenters. The van der Waals surface area contributed by atoms with Crippen molar-refractivity contribution < 1.29 is 0 Å². The molecule has 0 aliphatic rings. The first-order chi connectivity index (χ1) is 27.2. The molecule has 0 spiro atoms. The van der Waals surface area contributed by atoms with E-state index in [1.54, 1.807) is 0 Å². The predicted octanol–water partition coefficient (Wildman–Crippen LogP) is 13.9. The van der Waals surface area contributed by atoms with Crippen molar-refractivity contribution in [2.75, 3.05) is 0 Å². The Labute approximate surface area is 323 Å². The van der Waals surface area contributed by atoms with E-state index in [0.717, 1.165) is 27.8 Å². The summed E-state index contributed by atoms with van der Waals surface area (Å²) in [5.41, 5.74) is 12.4. The van der Waals surface area contributed by atoms with E-state index in [4.69, 9.17) is 15.0 Å². The van der Waals surface area contributed by atoms with E-state index in [-0.39, 0.29) is 0 Å². The highest BCUT2D eigenvalue weighted by Gasteiger charge is 2.17. The van der Waals surface area contributed by atoms with Gasteiger partial charge in [0.05, 0.1) is 0 Å². The zero-order chi connectivity index (χ0) is 36.6. The molecule has 0 aliphatic heterocycles. The van der Waals surface area contributed by atoms with Gasteiger partial charge in [-0.3, -0.25) is 0 Å². The van der Waals surface area contributed by atoms with Gasteiger partial charge >= 0.3 is 0 Å². The Kier molecular flexibility index (Phi) is 8.36. The van der Waals surface area contributed by atoms with E-state index < -0.39 is 0 Å². The van der Waals surface area contributed by atoms with Gasteiger partial charge in [-0.25, -0.2) is 15.0 Å². The molecular weight excluding hydrogens is 687 g/mol. The van der Waals surface area contributed by atoms with Crippen LogP contribution in [0.15, 0.2) is 200 Å². The van der Waals surface area contributed by atoms with Crippen LogP contribution >= 0.6 is 11.3 Å². The van der Waals surface area contributed by atoms with Crippen LogP contribution in [0.3, 0.4) is 0 Å². The molecule has 4 heteroatoms. The molecule has 3 nitrogen and oxygen atoms in total. The summed E-state index contributed by atoms with van der Waals surface area (Å²) in [6, 6.07) is 70.4. The Morgan fingerprint density at radius 1 is 0.255 bits per heavy atom. The molecule has 258 valence electrons. The second-order valence-electron chi connectivity index (χ2n) is 13.6. The van der Waals surface area contributed by atoms with Crippen LogP contribution in [-0.4, -0.2) is 15.0 Å². The van der Waals surface area contributed by atoms with Crippen LogP contribution in [0.5, 0.6) is 0 Å². The van der Waals surface area contributed by atoms with Crippen LogP contribution in [0.4, 0.5) is 0 Å². The first kappa shape index (κ1) is 32.6. The van der Waals surface area contributed by atoms with Crippen LogP contribution in [0.25, 0.3) is 98.8 Å². The summed E-state index contributed by atoms with van der Waals surface area (Å²) in [6.07, 6.45) is 0. The van der Waals surface area contributed by atoms with Gasteiger partial charge in [-0.15, -0.1) is 11.3 Å². The molecule has 10 rings (SSSR count). The maximum atomic E-state index is 5.09. The topological polar surface area (TPSA) is 38.7 Å². The number of hydrogen-bond donors (Lipinski definition) is 0. The highest BCUT2D eigenvalue weighted by atomic mass is 32.1. The third-order valence-electron chi connectivity index (χ3n) is 10.2. The Bertz CT molecular complexity index is 2950. The maximum absolute atomic E-state index is 5.09. The van der Waals surface area contributed by atoms with Gasteiger partial charge < -0.3 is 0 Å². The molecule has 8 aromatic carbocycles. The minimum absolute atomic E-state index is 0.641. The minimum Gasteiger partial charge on any atom is -0.208 e. The number of benzene rings is 8. The number of thiophene rings is 1. The molecule has 2 aromatic heterocycles. The largest absolute Gasteiger partial charge is 0.208 e. The van der Waals surface area contributed by atoms with E-state index in [9.17, 15) is 0 Å². The second-order valence-corrected chi connectivity index (χ2v) is 14.6. The molecule has 0 bridgehead atoms. The lowest BCUT2D eigenvalue weighted by Gasteiger charge is -2.10. The molecule has 2 heterocycles. The maximum Gasteiger partial charge on any atom is 0.164 e. The minimum atomic E-state index is 0.641. The fraction of sp³-hybridized carbons (Fsp3) is 0. The molecule has 10 aromatic rings. The Morgan fingerprint density at radius 3 is 1.15 bits per heavy atom. The summed E-state index contributed by atoms with van der Waals surface area (Å²) in [6.45, 7) is 0. The summed E-state index contributed by atoms with van der Waals surface area (Å²) in [5.74, 6) is 1.93. The average molecular weight is 720 g/mol. The zero-order valence-corrected chi connectivity index (χ0v) is 30.6. The highest BCUT2D eigenvalue weighted by molar-refractivity contribution is 7.26. The summed E-state index contributed by atoms with van der Waals surface area (Å²) >= 11 is 1.87. The third kappa shape index (κ3) is 6.29. The standard InChI is InChI=1S/C51H33N3S/c1-4-14-34(15-5-1)36-28-30-38(31-29-36)50-52-49(37-18-8-3-9-19-37)53-51(54-50)42-23-11-22-41(33-42)44-25-13-27-46-45-26-12-24-43(47(45)55-48(44)46)40-21-10-20-39(32-40)35-16-6-2-7-17-35/h1-33H. The number of rotatable bonds is 7. The van der Waals surface area contributed by atoms with Crippen LogP contribution < -0.4 is 0 Å². The molecule has 55 heavy (non-hydrogen) atoms. The van der Waals surface area contributed by atoms with Gasteiger partial charge in [-0.05, 0) is 56.6 Å². The first-order valence-electron chi connectivity index (χ1n) is 18.4. The smallest absolute Gasteiger partial charge is 0.164 e. The summed E-state index contributed by atoms with van der Waals surface area (Å²) in [7, 11) is 0. The molecule has 0 N–H and O–H groups in total. The van der Waals surface area contributed by atoms with E-state index in [1.165, 1.54) is 53.6 Å². The fourth-order valence-corrected chi connectivity index (χ4v) is 8.76. The SMILES string of the molecule is c1ccc(-c2ccc(-c3nc(-c4ccccc4)nc(-c4cccc(-c5cccc6c5sc5c(-c7cccc(-c8ccccc8)c7)cccc56)c4)n3)cc2)cc1. The van der Waals surface area contributed by atoms with Crippen molar-refractivity contribution in [3.05, 3.63) is 200 Å². The van der Waals surface area contributed by atoms with Crippen molar-refractivity contribution in [1.82, 2.24) is 15.0 Å². The number of hydrogen-bond acceptors (Lipinski definition) is 4. The van der Waals surface area contributed by atoms with E-state index in [1.807, 2.05) is 47.7 Å². The molecule has 0 saturated heterocycles. The average Bonchev–Trinajstić information content (AvgIpc) is 3.67. The van der Waals surface area contributed by atoms with Crippen LogP contribution in [0, 0.1) is 0 Å². The lowest BCUT2D eigenvalue weighted by Crippen LogP contribution is -2.00. The van der Waals surface area contributed by atoms with Gasteiger partial charge in [0.15, 0.2) is 17.5 Å². The molecule has 0 fully saturated rings. The molecule has 0 saturated carbocycles. The Morgan fingerprint density at radius 2 is 0.600 bits per heavy atom. The van der Waals surface area contributed by atoms with E-state index in [0.29, 0.717) is 17.5 Å². The molecule has 0 aliphatic carbocycles. The lowest BCUT2D eigenvalue weighted by molar-refractivity contribution is 1.07. The van der Waals surface area contributed by atoms with Crippen molar-refractivity contribution in [3.8, 4) is 78.7 Å². The molecule has 0 unspecified atom stereocenters. The lowest BCUT2D eigenvalue weighted by atomic mass is 9.97. The predicted molar refractivity (Wildman–Crippen MR) is 231 cm³/mol. The van der Waals surface area contributed by atoms with Crippen LogP contribution in [0.2, 0.25) is 0 Å². The van der Waals surface area contributed by atoms with E-state index >= 15 is 0 Å². The number of fused-ring (bicyclic) bond motifs is 3. The Balaban J connectivity index is 1.07. The number of nitrogens with zero attached hydrogens (tertiary/aromatic N) is 3. The second kappa shape index (κ2) is 14.1. The number of aromatic nitrogens is 3. The van der Waals surface area contributed by atoms with Gasteiger partial charge in [0.1, 0.15) is 0 Å². The summed E-state index contributed by atoms with van der Waals surface area (Å²) < 4.78 is 2.56. The third-order valence-corrected chi connectivity index (χ3v) is 11.4.